The van der Waals surface area contributed by atoms with Gasteiger partial charge in [-0.1, -0.05) is 35.9 Å². The highest BCUT2D eigenvalue weighted by atomic mass is 35.5. The van der Waals surface area contributed by atoms with Gasteiger partial charge in [0.1, 0.15) is 5.82 Å². The Balaban J connectivity index is 1.59. The van der Waals surface area contributed by atoms with Crippen LogP contribution in [0.3, 0.4) is 0 Å². The lowest BCUT2D eigenvalue weighted by Gasteiger charge is -2.15. The monoisotopic (exact) mass is 420 g/mol. The second kappa shape index (κ2) is 8.51. The molecule has 0 aliphatic carbocycles. The molecule has 1 unspecified atom stereocenters. The lowest BCUT2D eigenvalue weighted by molar-refractivity contribution is 0.0940. The number of carbonyl (C=O) groups excluding carboxylic acids is 1. The van der Waals surface area contributed by atoms with E-state index in [0.29, 0.717) is 27.8 Å². The van der Waals surface area contributed by atoms with Crippen molar-refractivity contribution in [1.82, 2.24) is 10.3 Å². The molecule has 1 heterocycles. The number of nitrogens with zero attached hydrogens (tertiary/aromatic N) is 1. The Morgan fingerprint density at radius 2 is 1.73 bits per heavy atom. The molecular weight excluding hydrogens is 403 g/mol. The van der Waals surface area contributed by atoms with Gasteiger partial charge in [-0.2, -0.15) is 0 Å². The third kappa shape index (κ3) is 4.26. The van der Waals surface area contributed by atoms with Crippen LogP contribution in [-0.4, -0.2) is 10.9 Å². The van der Waals surface area contributed by atoms with Crippen LogP contribution in [0.1, 0.15) is 28.9 Å². The summed E-state index contributed by atoms with van der Waals surface area (Å²) < 4.78 is 19.1. The van der Waals surface area contributed by atoms with Crippen LogP contribution in [0.4, 0.5) is 4.39 Å². The van der Waals surface area contributed by atoms with Gasteiger partial charge in [0, 0.05) is 16.1 Å². The number of hydrogen-bond donors (Lipinski definition) is 1. The molecule has 30 heavy (non-hydrogen) atoms. The molecule has 0 saturated carbocycles. The largest absolute Gasteiger partial charge is 0.436 e. The Labute approximate surface area is 178 Å². The summed E-state index contributed by atoms with van der Waals surface area (Å²) in [4.78, 5) is 17.3. The van der Waals surface area contributed by atoms with Gasteiger partial charge in [0.25, 0.3) is 5.91 Å². The van der Waals surface area contributed by atoms with Crippen LogP contribution in [0, 0.1) is 5.82 Å². The maximum atomic E-state index is 13.2. The van der Waals surface area contributed by atoms with E-state index < -0.39 is 0 Å². The molecule has 4 nitrogen and oxygen atoms in total. The molecule has 1 N–H and O–H groups in total. The molecule has 0 spiro atoms. The third-order valence-electron chi connectivity index (χ3n) is 4.75. The van der Waals surface area contributed by atoms with Gasteiger partial charge in [-0.25, -0.2) is 9.37 Å². The molecule has 6 heteroatoms. The smallest absolute Gasteiger partial charge is 0.252 e. The quantitative estimate of drug-likeness (QED) is 0.412. The van der Waals surface area contributed by atoms with Crippen LogP contribution in [0.5, 0.6) is 0 Å². The minimum Gasteiger partial charge on any atom is -0.436 e. The molecular formula is C24H18ClFN2O2. The maximum absolute atomic E-state index is 13.2. The number of benzene rings is 3. The minimum absolute atomic E-state index is 0.270. The summed E-state index contributed by atoms with van der Waals surface area (Å²) in [5, 5.41) is 3.58. The minimum atomic E-state index is -0.317. The Morgan fingerprint density at radius 3 is 2.47 bits per heavy atom. The molecule has 1 atom stereocenters. The van der Waals surface area contributed by atoms with Gasteiger partial charge in [0.15, 0.2) is 5.76 Å². The van der Waals surface area contributed by atoms with Crippen molar-refractivity contribution < 1.29 is 13.6 Å². The Kier molecular flexibility index (Phi) is 5.63. The average Bonchev–Trinajstić information content (AvgIpc) is 3.25. The van der Waals surface area contributed by atoms with Crippen molar-refractivity contribution >= 4 is 17.5 Å². The molecule has 150 valence electrons. The number of aromatic nitrogens is 1. The van der Waals surface area contributed by atoms with Gasteiger partial charge >= 0.3 is 0 Å². The van der Waals surface area contributed by atoms with E-state index in [0.717, 1.165) is 11.1 Å². The molecule has 0 fully saturated rings. The summed E-state index contributed by atoms with van der Waals surface area (Å²) in [6.45, 7) is 1.84. The van der Waals surface area contributed by atoms with Gasteiger partial charge in [0.05, 0.1) is 17.8 Å². The predicted octanol–water partition coefficient (Wildman–Crippen LogP) is 6.29. The first-order valence-corrected chi connectivity index (χ1v) is 9.76. The number of rotatable bonds is 5. The van der Waals surface area contributed by atoms with E-state index in [1.54, 1.807) is 48.7 Å². The number of amides is 1. The summed E-state index contributed by atoms with van der Waals surface area (Å²) >= 11 is 5.94. The molecule has 1 amide bonds. The van der Waals surface area contributed by atoms with E-state index in [9.17, 15) is 9.18 Å². The predicted molar refractivity (Wildman–Crippen MR) is 115 cm³/mol. The normalized spacial score (nSPS) is 11.8. The van der Waals surface area contributed by atoms with Crippen LogP contribution in [0.15, 0.2) is 83.4 Å². The summed E-state index contributed by atoms with van der Waals surface area (Å²) in [6.07, 6.45) is 1.62. The molecule has 0 bridgehead atoms. The Morgan fingerprint density at radius 1 is 1.03 bits per heavy atom. The first kappa shape index (κ1) is 19.9. The Hall–Kier alpha value is -3.44. The summed E-state index contributed by atoms with van der Waals surface area (Å²) in [5.74, 6) is 0.341. The van der Waals surface area contributed by atoms with Gasteiger partial charge in [0.2, 0.25) is 5.89 Å². The van der Waals surface area contributed by atoms with Crippen molar-refractivity contribution in [1.29, 1.82) is 0 Å². The van der Waals surface area contributed by atoms with E-state index in [1.165, 1.54) is 12.1 Å². The van der Waals surface area contributed by atoms with E-state index >= 15 is 0 Å². The molecule has 4 rings (SSSR count). The van der Waals surface area contributed by atoms with Crippen molar-refractivity contribution in [3.63, 3.8) is 0 Å². The SMILES string of the molecule is CC(NC(=O)c1ccccc1-c1ncc(-c2ccc(Cl)cc2)o1)c1ccc(F)cc1. The van der Waals surface area contributed by atoms with E-state index in [1.807, 2.05) is 25.1 Å². The van der Waals surface area contributed by atoms with Crippen molar-refractivity contribution in [2.45, 2.75) is 13.0 Å². The van der Waals surface area contributed by atoms with Crippen LogP contribution < -0.4 is 5.32 Å². The number of carbonyl (C=O) groups is 1. The van der Waals surface area contributed by atoms with E-state index in [-0.39, 0.29) is 17.8 Å². The van der Waals surface area contributed by atoms with Crippen molar-refractivity contribution in [3.8, 4) is 22.8 Å². The topological polar surface area (TPSA) is 55.1 Å². The lowest BCUT2D eigenvalue weighted by Crippen LogP contribution is -2.27. The van der Waals surface area contributed by atoms with Gasteiger partial charge in [-0.15, -0.1) is 0 Å². The van der Waals surface area contributed by atoms with Gasteiger partial charge in [-0.3, -0.25) is 4.79 Å². The van der Waals surface area contributed by atoms with Crippen molar-refractivity contribution in [2.75, 3.05) is 0 Å². The average molecular weight is 421 g/mol. The van der Waals surface area contributed by atoms with Crippen LogP contribution in [-0.2, 0) is 0 Å². The molecule has 4 aromatic rings. The highest BCUT2D eigenvalue weighted by Gasteiger charge is 2.19. The molecule has 0 radical (unpaired) electrons. The zero-order valence-electron chi connectivity index (χ0n) is 16.1. The van der Waals surface area contributed by atoms with Crippen LogP contribution >= 0.6 is 11.6 Å². The number of hydrogen-bond acceptors (Lipinski definition) is 3. The molecule has 0 aliphatic rings. The highest BCUT2D eigenvalue weighted by Crippen LogP contribution is 2.29. The molecule has 0 aliphatic heterocycles. The summed E-state index contributed by atoms with van der Waals surface area (Å²) in [6, 6.07) is 20.1. The second-order valence-corrected chi connectivity index (χ2v) is 7.27. The standard InChI is InChI=1S/C24H18ClFN2O2/c1-15(16-8-12-19(26)13-9-16)28-23(29)20-4-2-3-5-21(20)24-27-14-22(30-24)17-6-10-18(25)11-7-17/h2-15H,1H3,(H,28,29). The highest BCUT2D eigenvalue weighted by molar-refractivity contribution is 6.30. The van der Waals surface area contributed by atoms with Gasteiger partial charge < -0.3 is 9.73 Å². The van der Waals surface area contributed by atoms with Crippen LogP contribution in [0.25, 0.3) is 22.8 Å². The van der Waals surface area contributed by atoms with E-state index in [4.69, 9.17) is 16.0 Å². The van der Waals surface area contributed by atoms with Crippen molar-refractivity contribution in [3.05, 3.63) is 101 Å². The summed E-state index contributed by atoms with van der Waals surface area (Å²) in [5.41, 5.74) is 2.67. The number of halogens is 2. The fourth-order valence-corrected chi connectivity index (χ4v) is 3.25. The molecule has 0 saturated heterocycles. The van der Waals surface area contributed by atoms with Crippen LogP contribution in [0.2, 0.25) is 5.02 Å². The summed E-state index contributed by atoms with van der Waals surface area (Å²) in [7, 11) is 0. The first-order valence-electron chi connectivity index (χ1n) is 9.39. The third-order valence-corrected chi connectivity index (χ3v) is 5.01. The fraction of sp³-hybridized carbons (Fsp3) is 0.0833. The zero-order valence-corrected chi connectivity index (χ0v) is 16.9. The second-order valence-electron chi connectivity index (χ2n) is 6.83. The lowest BCUT2D eigenvalue weighted by atomic mass is 10.0. The Bertz CT molecular complexity index is 1170. The zero-order chi connectivity index (χ0) is 21.1. The molecule has 1 aromatic heterocycles. The van der Waals surface area contributed by atoms with Gasteiger partial charge in [-0.05, 0) is 61.0 Å². The fourth-order valence-electron chi connectivity index (χ4n) is 3.12. The number of nitrogens with one attached hydrogen (secondary N) is 1. The maximum Gasteiger partial charge on any atom is 0.252 e. The first-order chi connectivity index (χ1) is 14.5. The molecule has 3 aromatic carbocycles. The van der Waals surface area contributed by atoms with E-state index in [2.05, 4.69) is 10.3 Å². The van der Waals surface area contributed by atoms with Crippen molar-refractivity contribution in [2.24, 2.45) is 0 Å². The number of oxazole rings is 1.